The first-order valence-electron chi connectivity index (χ1n) is 16.8. The summed E-state index contributed by atoms with van der Waals surface area (Å²) in [5.41, 5.74) is 11.0. The molecule has 0 amide bonds. The fourth-order valence-corrected chi connectivity index (χ4v) is 6.77. The third-order valence-electron chi connectivity index (χ3n) is 9.34. The molecule has 0 N–H and O–H groups in total. The van der Waals surface area contributed by atoms with E-state index < -0.39 is 0 Å². The van der Waals surface area contributed by atoms with Crippen LogP contribution in [0.25, 0.3) is 100 Å². The van der Waals surface area contributed by atoms with Crippen LogP contribution < -0.4 is 0 Å². The summed E-state index contributed by atoms with van der Waals surface area (Å²) < 4.78 is 6.16. The zero-order chi connectivity index (χ0) is 33.7. The molecule has 6 heteroatoms. The summed E-state index contributed by atoms with van der Waals surface area (Å²) in [6.45, 7) is 0. The van der Waals surface area contributed by atoms with Gasteiger partial charge in [-0.1, -0.05) is 133 Å². The van der Waals surface area contributed by atoms with Crippen LogP contribution in [0.3, 0.4) is 0 Å². The lowest BCUT2D eigenvalue weighted by Gasteiger charge is -2.10. The van der Waals surface area contributed by atoms with E-state index in [1.54, 1.807) is 0 Å². The summed E-state index contributed by atoms with van der Waals surface area (Å²) in [6, 6.07) is 55.7. The maximum absolute atomic E-state index is 6.16. The Balaban J connectivity index is 1.06. The SMILES string of the molecule is c1ccc(-c2ccc(-c3nc(-c4ccccc4)nc(-c4cccc(-c5ccc6c(ccc7oc8nc9ccccc9nc8c76)c5)c4)n3)cc2)cc1. The van der Waals surface area contributed by atoms with E-state index in [1.807, 2.05) is 66.7 Å². The van der Waals surface area contributed by atoms with E-state index in [0.717, 1.165) is 71.7 Å². The molecule has 238 valence electrons. The van der Waals surface area contributed by atoms with Crippen LogP contribution in [0.5, 0.6) is 0 Å². The molecule has 0 atom stereocenters. The molecule has 0 aliphatic rings. The summed E-state index contributed by atoms with van der Waals surface area (Å²) in [5, 5.41) is 3.14. The second-order valence-corrected chi connectivity index (χ2v) is 12.5. The maximum Gasteiger partial charge on any atom is 0.246 e. The molecule has 6 nitrogen and oxygen atoms in total. The van der Waals surface area contributed by atoms with Gasteiger partial charge in [0.15, 0.2) is 17.5 Å². The molecule has 51 heavy (non-hydrogen) atoms. The van der Waals surface area contributed by atoms with Crippen LogP contribution >= 0.6 is 0 Å². The minimum atomic E-state index is 0.548. The Kier molecular flexibility index (Phi) is 6.70. The summed E-state index contributed by atoms with van der Waals surface area (Å²) in [4.78, 5) is 24.6. The van der Waals surface area contributed by atoms with Gasteiger partial charge in [-0.05, 0) is 63.4 Å². The van der Waals surface area contributed by atoms with E-state index in [4.69, 9.17) is 29.3 Å². The van der Waals surface area contributed by atoms with Gasteiger partial charge in [-0.25, -0.2) is 24.9 Å². The topological polar surface area (TPSA) is 77.6 Å². The van der Waals surface area contributed by atoms with Crippen molar-refractivity contribution in [2.24, 2.45) is 0 Å². The summed E-state index contributed by atoms with van der Waals surface area (Å²) >= 11 is 0. The highest BCUT2D eigenvalue weighted by atomic mass is 16.3. The Morgan fingerprint density at radius 3 is 1.63 bits per heavy atom. The Morgan fingerprint density at radius 1 is 0.353 bits per heavy atom. The van der Waals surface area contributed by atoms with E-state index >= 15 is 0 Å². The van der Waals surface area contributed by atoms with E-state index in [9.17, 15) is 0 Å². The molecule has 0 aliphatic heterocycles. The molecule has 0 fully saturated rings. The highest BCUT2D eigenvalue weighted by Gasteiger charge is 2.16. The molecule has 0 radical (unpaired) electrons. The first kappa shape index (κ1) is 28.9. The molecule has 3 aromatic heterocycles. The number of rotatable bonds is 5. The van der Waals surface area contributed by atoms with Gasteiger partial charge in [-0.2, -0.15) is 0 Å². The molecular weight excluding hydrogens is 627 g/mol. The van der Waals surface area contributed by atoms with E-state index in [1.165, 1.54) is 5.56 Å². The normalized spacial score (nSPS) is 11.5. The summed E-state index contributed by atoms with van der Waals surface area (Å²) in [6.07, 6.45) is 0. The zero-order valence-corrected chi connectivity index (χ0v) is 27.2. The molecule has 0 aliphatic carbocycles. The van der Waals surface area contributed by atoms with Crippen LogP contribution in [0.15, 0.2) is 168 Å². The number of hydrogen-bond donors (Lipinski definition) is 0. The smallest absolute Gasteiger partial charge is 0.246 e. The lowest BCUT2D eigenvalue weighted by atomic mass is 9.98. The highest BCUT2D eigenvalue weighted by Crippen LogP contribution is 2.36. The van der Waals surface area contributed by atoms with Gasteiger partial charge in [0.1, 0.15) is 11.1 Å². The van der Waals surface area contributed by atoms with Crippen molar-refractivity contribution in [2.75, 3.05) is 0 Å². The van der Waals surface area contributed by atoms with Crippen molar-refractivity contribution in [3.05, 3.63) is 164 Å². The van der Waals surface area contributed by atoms with E-state index in [-0.39, 0.29) is 0 Å². The fraction of sp³-hybridized carbons (Fsp3) is 0. The lowest BCUT2D eigenvalue weighted by Crippen LogP contribution is -2.00. The summed E-state index contributed by atoms with van der Waals surface area (Å²) in [5.74, 6) is 1.87. The number of furan rings is 1. The number of benzene rings is 7. The molecule has 0 saturated heterocycles. The van der Waals surface area contributed by atoms with Crippen molar-refractivity contribution >= 4 is 44.0 Å². The third-order valence-corrected chi connectivity index (χ3v) is 9.34. The molecule has 0 spiro atoms. The number of para-hydroxylation sites is 2. The van der Waals surface area contributed by atoms with E-state index in [2.05, 4.69) is 97.1 Å². The predicted molar refractivity (Wildman–Crippen MR) is 205 cm³/mol. The Morgan fingerprint density at radius 2 is 0.882 bits per heavy atom. The minimum absolute atomic E-state index is 0.548. The van der Waals surface area contributed by atoms with Crippen LogP contribution in [0.2, 0.25) is 0 Å². The van der Waals surface area contributed by atoms with Crippen LogP contribution in [-0.4, -0.2) is 24.9 Å². The van der Waals surface area contributed by atoms with Gasteiger partial charge in [0.25, 0.3) is 0 Å². The molecule has 0 unspecified atom stereocenters. The molecule has 7 aromatic carbocycles. The van der Waals surface area contributed by atoms with Crippen molar-refractivity contribution in [3.63, 3.8) is 0 Å². The van der Waals surface area contributed by atoms with Crippen LogP contribution in [0, 0.1) is 0 Å². The van der Waals surface area contributed by atoms with Crippen molar-refractivity contribution < 1.29 is 4.42 Å². The first-order valence-corrected chi connectivity index (χ1v) is 16.8. The van der Waals surface area contributed by atoms with Crippen LogP contribution in [0.4, 0.5) is 0 Å². The first-order chi connectivity index (χ1) is 25.2. The van der Waals surface area contributed by atoms with Crippen molar-refractivity contribution in [1.82, 2.24) is 24.9 Å². The van der Waals surface area contributed by atoms with Crippen molar-refractivity contribution in [2.45, 2.75) is 0 Å². The number of aromatic nitrogens is 5. The van der Waals surface area contributed by atoms with Gasteiger partial charge < -0.3 is 4.42 Å². The lowest BCUT2D eigenvalue weighted by molar-refractivity contribution is 0.655. The minimum Gasteiger partial charge on any atom is -0.436 e. The summed E-state index contributed by atoms with van der Waals surface area (Å²) in [7, 11) is 0. The molecule has 0 saturated carbocycles. The van der Waals surface area contributed by atoms with Crippen molar-refractivity contribution in [3.8, 4) is 56.4 Å². The van der Waals surface area contributed by atoms with Gasteiger partial charge in [0.2, 0.25) is 5.71 Å². The number of hydrogen-bond acceptors (Lipinski definition) is 6. The second-order valence-electron chi connectivity index (χ2n) is 12.5. The van der Waals surface area contributed by atoms with Gasteiger partial charge >= 0.3 is 0 Å². The predicted octanol–water partition coefficient (Wildman–Crippen LogP) is 11.2. The largest absolute Gasteiger partial charge is 0.436 e. The van der Waals surface area contributed by atoms with Crippen LogP contribution in [-0.2, 0) is 0 Å². The molecule has 10 aromatic rings. The average molecular weight is 654 g/mol. The molecule has 3 heterocycles. The highest BCUT2D eigenvalue weighted by molar-refractivity contribution is 6.18. The number of nitrogens with zero attached hydrogens (tertiary/aromatic N) is 5. The molecule has 0 bridgehead atoms. The fourth-order valence-electron chi connectivity index (χ4n) is 6.77. The Labute approximate surface area is 292 Å². The van der Waals surface area contributed by atoms with Gasteiger partial charge in [0, 0.05) is 16.7 Å². The van der Waals surface area contributed by atoms with Crippen LogP contribution in [0.1, 0.15) is 0 Å². The Bertz CT molecular complexity index is 2900. The quantitative estimate of drug-likeness (QED) is 0.184. The monoisotopic (exact) mass is 653 g/mol. The zero-order valence-electron chi connectivity index (χ0n) is 27.2. The number of fused-ring (bicyclic) bond motifs is 6. The molecule has 10 rings (SSSR count). The van der Waals surface area contributed by atoms with Gasteiger partial charge in [0.05, 0.1) is 16.4 Å². The van der Waals surface area contributed by atoms with Crippen molar-refractivity contribution in [1.29, 1.82) is 0 Å². The van der Waals surface area contributed by atoms with Gasteiger partial charge in [-0.15, -0.1) is 0 Å². The standard InChI is InChI=1S/C45H27N5O/c1-3-10-28(11-4-1)29-18-20-31(21-19-29)43-48-42(30-12-5-2-6-13-30)49-44(50-43)35-15-9-14-32(27-35)33-22-24-36-34(26-33)23-25-39-40(36)41-45(51-39)47-38-17-8-7-16-37(38)46-41/h1-27H. The third kappa shape index (κ3) is 5.18. The van der Waals surface area contributed by atoms with E-state index in [0.29, 0.717) is 23.2 Å². The molecular formula is C45H27N5O. The maximum atomic E-state index is 6.16. The second kappa shape index (κ2) is 11.8. The van der Waals surface area contributed by atoms with Gasteiger partial charge in [-0.3, -0.25) is 0 Å². The average Bonchev–Trinajstić information content (AvgIpc) is 3.58. The Hall–Kier alpha value is -7.05.